The predicted molar refractivity (Wildman–Crippen MR) is 104 cm³/mol. The minimum absolute atomic E-state index is 0.0124. The van der Waals surface area contributed by atoms with E-state index in [1.165, 1.54) is 42.3 Å². The number of nitro groups is 1. The number of aliphatic hydroxyl groups is 1. The van der Waals surface area contributed by atoms with Crippen molar-refractivity contribution in [1.82, 2.24) is 4.90 Å². The number of anilines is 1. The van der Waals surface area contributed by atoms with Gasteiger partial charge in [0.15, 0.2) is 0 Å². The average molecular weight is 420 g/mol. The lowest BCUT2D eigenvalue weighted by atomic mass is 10.0. The molecule has 2 amide bonds. The van der Waals surface area contributed by atoms with Crippen LogP contribution >= 0.6 is 11.6 Å². The van der Waals surface area contributed by atoms with Crippen LogP contribution in [0.4, 0.5) is 15.8 Å². The predicted octanol–water partition coefficient (Wildman–Crippen LogP) is 2.60. The summed E-state index contributed by atoms with van der Waals surface area (Å²) in [5.74, 6) is -2.07. The van der Waals surface area contributed by atoms with Gasteiger partial charge >= 0.3 is 0 Å². The lowest BCUT2D eigenvalue weighted by molar-refractivity contribution is -0.384. The minimum atomic E-state index is -0.698. The van der Waals surface area contributed by atoms with E-state index in [0.717, 1.165) is 17.0 Å². The highest BCUT2D eigenvalue weighted by Gasteiger charge is 2.41. The zero-order valence-electron chi connectivity index (χ0n) is 15.1. The van der Waals surface area contributed by atoms with Crippen molar-refractivity contribution < 1.29 is 24.0 Å². The molecule has 8 nitrogen and oxygen atoms in total. The number of non-ortho nitro benzene ring substituents is 1. The van der Waals surface area contributed by atoms with E-state index in [2.05, 4.69) is 0 Å². The fraction of sp³-hybridized carbons (Fsp3) is 0.158. The molecule has 29 heavy (non-hydrogen) atoms. The van der Waals surface area contributed by atoms with Crippen LogP contribution in [0.15, 0.2) is 48.2 Å². The highest BCUT2D eigenvalue weighted by atomic mass is 35.5. The molecule has 0 aromatic heterocycles. The van der Waals surface area contributed by atoms with E-state index in [1.54, 1.807) is 0 Å². The molecule has 1 aliphatic rings. The van der Waals surface area contributed by atoms with Crippen LogP contribution in [0.3, 0.4) is 0 Å². The van der Waals surface area contributed by atoms with Crippen molar-refractivity contribution in [3.05, 3.63) is 74.7 Å². The Morgan fingerprint density at radius 2 is 1.83 bits per heavy atom. The number of benzene rings is 2. The zero-order chi connectivity index (χ0) is 21.3. The van der Waals surface area contributed by atoms with Crippen molar-refractivity contribution in [2.24, 2.45) is 0 Å². The van der Waals surface area contributed by atoms with Gasteiger partial charge in [-0.25, -0.2) is 9.29 Å². The molecule has 1 heterocycles. The number of rotatable bonds is 6. The molecule has 0 spiro atoms. The molecular formula is C19H15ClFN3O5. The normalized spacial score (nSPS) is 14.0. The van der Waals surface area contributed by atoms with Gasteiger partial charge < -0.3 is 10.0 Å². The maximum Gasteiger partial charge on any atom is 0.282 e. The van der Waals surface area contributed by atoms with Gasteiger partial charge in [0, 0.05) is 25.7 Å². The Labute approximate surface area is 169 Å². The number of hydrogen-bond donors (Lipinski definition) is 1. The van der Waals surface area contributed by atoms with Gasteiger partial charge in [0.05, 0.1) is 27.8 Å². The van der Waals surface area contributed by atoms with Crippen LogP contribution in [0.2, 0.25) is 5.02 Å². The number of carbonyl (C=O) groups excluding carboxylic acids is 2. The number of likely N-dealkylation sites (N-methyl/N-ethyl adjacent to an activating group) is 1. The van der Waals surface area contributed by atoms with Crippen LogP contribution < -0.4 is 4.90 Å². The number of amides is 2. The summed E-state index contributed by atoms with van der Waals surface area (Å²) in [6, 6.07) is 8.63. The molecule has 0 unspecified atom stereocenters. The summed E-state index contributed by atoms with van der Waals surface area (Å²) in [6.45, 7) is -0.194. The Hall–Kier alpha value is -3.30. The first-order valence-corrected chi connectivity index (χ1v) is 8.79. The second kappa shape index (κ2) is 7.98. The lowest BCUT2D eigenvalue weighted by Gasteiger charge is -2.20. The first kappa shape index (κ1) is 20.4. The SMILES string of the molecule is CN(CCO)C1=C(c2ccc([N+](=O)[O-])cc2)C(=O)N(c2ccc(F)c(Cl)c2)C1=O. The molecule has 0 atom stereocenters. The number of carbonyl (C=O) groups is 2. The number of halogens is 2. The van der Waals surface area contributed by atoms with Crippen LogP contribution in [0.1, 0.15) is 5.56 Å². The standard InChI is InChI=1S/C19H15ClFN3O5/c1-22(8-9-25)17-16(11-2-4-12(5-3-11)24(28)29)18(26)23(19(17)27)13-6-7-15(21)14(20)10-13/h2-7,10,25H,8-9H2,1H3. The van der Waals surface area contributed by atoms with E-state index in [4.69, 9.17) is 11.6 Å². The van der Waals surface area contributed by atoms with Gasteiger partial charge in [0.2, 0.25) is 0 Å². The van der Waals surface area contributed by atoms with Gasteiger partial charge in [0.25, 0.3) is 17.5 Å². The number of nitro benzene ring substituents is 1. The van der Waals surface area contributed by atoms with Crippen LogP contribution in [0.5, 0.6) is 0 Å². The van der Waals surface area contributed by atoms with Gasteiger partial charge in [-0.3, -0.25) is 19.7 Å². The second-order valence-electron chi connectivity index (χ2n) is 6.22. The van der Waals surface area contributed by atoms with Crippen molar-refractivity contribution in [3.63, 3.8) is 0 Å². The summed E-state index contributed by atoms with van der Waals surface area (Å²) in [5, 5.41) is 19.9. The Morgan fingerprint density at radius 3 is 2.38 bits per heavy atom. The quantitative estimate of drug-likeness (QED) is 0.438. The molecule has 0 aliphatic carbocycles. The number of aliphatic hydroxyl groups excluding tert-OH is 1. The summed E-state index contributed by atoms with van der Waals surface area (Å²) in [6.07, 6.45) is 0. The molecular weight excluding hydrogens is 405 g/mol. The van der Waals surface area contributed by atoms with Crippen LogP contribution in [-0.2, 0) is 9.59 Å². The third-order valence-electron chi connectivity index (χ3n) is 4.40. The minimum Gasteiger partial charge on any atom is -0.395 e. The summed E-state index contributed by atoms with van der Waals surface area (Å²) in [7, 11) is 1.53. The third kappa shape index (κ3) is 3.69. The van der Waals surface area contributed by atoms with E-state index < -0.39 is 22.6 Å². The first-order valence-electron chi connectivity index (χ1n) is 8.41. The molecule has 10 heteroatoms. The summed E-state index contributed by atoms with van der Waals surface area (Å²) < 4.78 is 13.5. The van der Waals surface area contributed by atoms with Crippen LogP contribution in [0.25, 0.3) is 5.57 Å². The Balaban J connectivity index is 2.12. The van der Waals surface area contributed by atoms with E-state index in [1.807, 2.05) is 0 Å². The molecule has 0 bridgehead atoms. The monoisotopic (exact) mass is 419 g/mol. The fourth-order valence-electron chi connectivity index (χ4n) is 3.00. The van der Waals surface area contributed by atoms with Gasteiger partial charge in [-0.1, -0.05) is 11.6 Å². The molecule has 3 rings (SSSR count). The largest absolute Gasteiger partial charge is 0.395 e. The maximum absolute atomic E-state index is 13.5. The Morgan fingerprint density at radius 1 is 1.17 bits per heavy atom. The summed E-state index contributed by atoms with van der Waals surface area (Å²) in [5.41, 5.74) is 0.237. The fourth-order valence-corrected chi connectivity index (χ4v) is 3.18. The highest BCUT2D eigenvalue weighted by Crippen LogP contribution is 2.35. The molecule has 0 fully saturated rings. The third-order valence-corrected chi connectivity index (χ3v) is 4.69. The van der Waals surface area contributed by atoms with Crippen LogP contribution in [0, 0.1) is 15.9 Å². The molecule has 0 saturated carbocycles. The van der Waals surface area contributed by atoms with Gasteiger partial charge in [-0.05, 0) is 35.9 Å². The Kier molecular flexibility index (Phi) is 5.62. The maximum atomic E-state index is 13.5. The number of imide groups is 1. The molecule has 1 aliphatic heterocycles. The highest BCUT2D eigenvalue weighted by molar-refractivity contribution is 6.45. The van der Waals surface area contributed by atoms with Crippen molar-refractivity contribution >= 4 is 40.4 Å². The number of hydrogen-bond acceptors (Lipinski definition) is 6. The molecule has 0 saturated heterocycles. The summed E-state index contributed by atoms with van der Waals surface area (Å²) >= 11 is 5.79. The van der Waals surface area contributed by atoms with Crippen LogP contribution in [-0.4, -0.2) is 46.9 Å². The first-order chi connectivity index (χ1) is 13.8. The molecule has 150 valence electrons. The molecule has 2 aromatic carbocycles. The zero-order valence-corrected chi connectivity index (χ0v) is 15.9. The second-order valence-corrected chi connectivity index (χ2v) is 6.62. The van der Waals surface area contributed by atoms with Gasteiger partial charge in [-0.15, -0.1) is 0 Å². The van der Waals surface area contributed by atoms with E-state index in [9.17, 15) is 29.2 Å². The van der Waals surface area contributed by atoms with Gasteiger partial charge in [0.1, 0.15) is 11.5 Å². The Bertz CT molecular complexity index is 1040. The lowest BCUT2D eigenvalue weighted by Crippen LogP contribution is -2.34. The van der Waals surface area contributed by atoms with Gasteiger partial charge in [-0.2, -0.15) is 0 Å². The van der Waals surface area contributed by atoms with E-state index in [0.29, 0.717) is 5.56 Å². The van der Waals surface area contributed by atoms with E-state index in [-0.39, 0.29) is 40.8 Å². The smallest absolute Gasteiger partial charge is 0.282 e. The summed E-state index contributed by atoms with van der Waals surface area (Å²) in [4.78, 5) is 38.8. The number of nitrogens with zero attached hydrogens (tertiary/aromatic N) is 3. The molecule has 1 N–H and O–H groups in total. The van der Waals surface area contributed by atoms with E-state index >= 15 is 0 Å². The topological polar surface area (TPSA) is 104 Å². The molecule has 0 radical (unpaired) electrons. The van der Waals surface area contributed by atoms with Crippen molar-refractivity contribution in [3.8, 4) is 0 Å². The van der Waals surface area contributed by atoms with Crippen molar-refractivity contribution in [2.75, 3.05) is 25.1 Å². The van der Waals surface area contributed by atoms with Crippen molar-refractivity contribution in [2.45, 2.75) is 0 Å². The molecule has 2 aromatic rings. The average Bonchev–Trinajstić information content (AvgIpc) is 2.94. The van der Waals surface area contributed by atoms with Crippen molar-refractivity contribution in [1.29, 1.82) is 0 Å².